The Labute approximate surface area is 729 Å². The number of aliphatic carboxylic acids is 8. The number of alkyl halides is 4. The van der Waals surface area contributed by atoms with Gasteiger partial charge < -0.3 is 105 Å². The van der Waals surface area contributed by atoms with Gasteiger partial charge in [-0.3, -0.25) is 70.9 Å². The second kappa shape index (κ2) is 93.9. The summed E-state index contributed by atoms with van der Waals surface area (Å²) in [7, 11) is 2.00. The number of carbonyl (C=O) groups is 16. The maximum Gasteiger partial charge on any atom is 0.373 e. The number of benzene rings is 1. The molecular weight excluding hydrogens is 1720 g/mol. The summed E-state index contributed by atoms with van der Waals surface area (Å²) in [5.74, 6) is -10.4. The van der Waals surface area contributed by atoms with Crippen molar-refractivity contribution in [2.45, 2.75) is 153 Å². The SMILES string of the molecule is C[18F].C[18F].C[18F].C[18F].O=C(O)CC[C@H](NC(=O)NCCCCCNC(=O)c1ccccc1)C(=O)O.O=C(O)CC[C@H](NC(=O)NCCCCCNC(=O)c1ccccn1)C(=O)O.O=C(O)CC[C@H](NC(=O)NCCCCCNC(=O)c1cccnc1)C(=O)O.O=C(O)CC[C@H](NC(=O)NCCCCCNC(=O)c1ccncc1)C(=O)O.O=C=O.O=C=O.O=C=O.O=C=O. The molecule has 4 rings (SSSR count). The third-order valence-corrected chi connectivity index (χ3v) is 14.5. The van der Waals surface area contributed by atoms with E-state index in [1.807, 2.05) is 6.07 Å². The van der Waals surface area contributed by atoms with E-state index in [0.29, 0.717) is 129 Å². The first-order valence-corrected chi connectivity index (χ1v) is 37.6. The zero-order valence-electron chi connectivity index (χ0n) is 70.2. The fourth-order valence-corrected chi connectivity index (χ4v) is 8.74. The van der Waals surface area contributed by atoms with E-state index in [1.54, 1.807) is 91.5 Å². The first-order valence-electron chi connectivity index (χ1n) is 37.6. The Morgan fingerprint density at radius 2 is 0.523 bits per heavy atom. The van der Waals surface area contributed by atoms with E-state index in [1.165, 1.54) is 6.20 Å². The number of hydrogen-bond donors (Lipinski definition) is 20. The van der Waals surface area contributed by atoms with E-state index in [9.17, 15) is 94.3 Å². The number of carboxylic acid groups (broad SMARTS) is 8. The molecule has 0 saturated heterocycles. The summed E-state index contributed by atoms with van der Waals surface area (Å²) in [6.07, 6.45) is 15.2. The van der Waals surface area contributed by atoms with Crippen LogP contribution in [0.5, 0.6) is 0 Å². The molecule has 4 atom stereocenters. The average Bonchev–Trinajstić information content (AvgIpc) is 0.888. The number of aromatic nitrogens is 3. The van der Waals surface area contributed by atoms with E-state index in [-0.39, 0.29) is 99.6 Å². The van der Waals surface area contributed by atoms with Crippen LogP contribution < -0.4 is 63.8 Å². The van der Waals surface area contributed by atoms with Gasteiger partial charge in [-0.2, -0.15) is 38.4 Å². The number of nitrogens with zero attached hydrogens (tertiary/aromatic N) is 3. The minimum atomic E-state index is -1.28. The van der Waals surface area contributed by atoms with Gasteiger partial charge in [0.15, 0.2) is 0 Å². The molecule has 712 valence electrons. The van der Waals surface area contributed by atoms with Crippen LogP contribution in [0.15, 0.2) is 104 Å². The zero-order chi connectivity index (χ0) is 99.1. The van der Waals surface area contributed by atoms with Gasteiger partial charge >= 0.3 is 96.5 Å². The van der Waals surface area contributed by atoms with Gasteiger partial charge in [-0.05, 0) is 151 Å². The van der Waals surface area contributed by atoms with Crippen molar-refractivity contribution >= 4 is 120 Å². The first-order chi connectivity index (χ1) is 61.2. The van der Waals surface area contributed by atoms with E-state index in [2.05, 4.69) is 78.8 Å². The van der Waals surface area contributed by atoms with Gasteiger partial charge in [0, 0.05) is 120 Å². The summed E-state index contributed by atoms with van der Waals surface area (Å²) >= 11 is 0. The molecule has 51 heteroatoms. The van der Waals surface area contributed by atoms with E-state index < -0.39 is 96.0 Å². The highest BCUT2D eigenvalue weighted by Gasteiger charge is 2.24. The Hall–Kier alpha value is -15.4. The van der Waals surface area contributed by atoms with Crippen LogP contribution in [-0.4, -0.2) is 281 Å². The molecule has 0 spiro atoms. The molecule has 0 saturated carbocycles. The molecule has 0 aliphatic heterocycles. The molecule has 47 nitrogen and oxygen atoms in total. The van der Waals surface area contributed by atoms with Crippen LogP contribution in [0.3, 0.4) is 0 Å². The van der Waals surface area contributed by atoms with Crippen molar-refractivity contribution in [1.29, 1.82) is 0 Å². The number of rotatable bonds is 48. The fraction of sp³-hybridized carbons (Fsp3) is 0.468. The van der Waals surface area contributed by atoms with Crippen LogP contribution in [0.2, 0.25) is 0 Å². The quantitative estimate of drug-likeness (QED) is 0.0223. The van der Waals surface area contributed by atoms with Crippen molar-refractivity contribution in [3.63, 3.8) is 0 Å². The fourth-order valence-electron chi connectivity index (χ4n) is 8.74. The Bertz CT molecular complexity index is 3400. The molecule has 4 aromatic rings. The number of urea groups is 4. The maximum atomic E-state index is 11.8. The van der Waals surface area contributed by atoms with E-state index in [0.717, 1.165) is 51.4 Å². The normalized spacial score (nSPS) is 9.94. The number of amides is 12. The van der Waals surface area contributed by atoms with Crippen molar-refractivity contribution in [2.75, 3.05) is 81.1 Å². The lowest BCUT2D eigenvalue weighted by Gasteiger charge is -2.14. The summed E-state index contributed by atoms with van der Waals surface area (Å²) in [6.45, 7) is 3.38. The highest BCUT2D eigenvalue weighted by molar-refractivity contribution is 5.95. The van der Waals surface area contributed by atoms with Crippen molar-refractivity contribution in [1.82, 2.24) is 78.8 Å². The topological polar surface area (TPSA) is 755 Å². The number of carbonyl (C=O) groups excluding carboxylic acids is 16. The summed E-state index contributed by atoms with van der Waals surface area (Å²) in [4.78, 5) is 256. The lowest BCUT2D eigenvalue weighted by molar-refractivity contribution is -0.193. The second-order valence-electron chi connectivity index (χ2n) is 23.6. The van der Waals surface area contributed by atoms with Crippen LogP contribution in [0.4, 0.5) is 36.7 Å². The van der Waals surface area contributed by atoms with Gasteiger partial charge in [0.25, 0.3) is 23.6 Å². The minimum absolute atomic E-state index is 0.130. The van der Waals surface area contributed by atoms with Crippen molar-refractivity contribution in [3.8, 4) is 0 Å². The van der Waals surface area contributed by atoms with E-state index in [4.69, 9.17) is 79.2 Å². The molecule has 0 bridgehead atoms. The molecule has 0 aliphatic carbocycles. The number of unbranched alkanes of at least 4 members (excludes halogenated alkanes) is 8. The standard InChI is InChI=1S/C18H25N3O6.3C17H24N4O6.4CH3F.4CO2/c22-15(23)10-9-14(17(25)26)21-18(27)20-12-6-2-5-11-19-16(24)13-7-3-1-4-8-13;22-14(23)8-7-13(16(25)26)21-17(27)20-11-4-1-3-10-19-15(24)12-6-2-5-9-18-12;22-14(23)5-4-13(16(25)26)21-17(27)20-9-3-1-2-8-19-15(24)12-6-10-18-11-7-12;22-14(23)7-6-13(16(25)26)21-17(27)20-10-3-1-2-9-19-15(24)12-5-4-8-18-11-12;4*1-2;4*2-1-3/h1,3-4,7-8,14H,2,5-6,9-12H2,(H,19,24)(H,22,23)(H,25,26)(H2,20,21,27);2,5-6,9,13H,1,3-4,7-8,10-11H2,(H,19,24)(H,22,23)(H,25,26)(H2,20,21,27);6-7,10-11,13H,1-5,8-9H2,(H,19,24)(H,22,23)(H,25,26)(H2,20,21,27);4-5,8,11,13H,1-3,6-7,9-10H2,(H,19,24)(H,22,23)(H,25,26)(H2,20,21,27);4*1H3;;;;/t14-;3*13-;;;;;;;;/m0000......../s1/i;;;;4*2-1;;;;. The third kappa shape index (κ3) is 85.6. The molecule has 0 fully saturated rings. The monoisotopic (exact) mass is 1830 g/mol. The predicted octanol–water partition coefficient (Wildman–Crippen LogP) is 3.01. The summed E-state index contributed by atoms with van der Waals surface area (Å²) < 4.78 is 38.0. The van der Waals surface area contributed by atoms with Crippen LogP contribution >= 0.6 is 0 Å². The largest absolute Gasteiger partial charge is 0.481 e. The third-order valence-electron chi connectivity index (χ3n) is 14.5. The van der Waals surface area contributed by atoms with Gasteiger partial charge in [0.1, 0.15) is 29.9 Å². The smallest absolute Gasteiger partial charge is 0.373 e. The Morgan fingerprint density at radius 3 is 0.766 bits per heavy atom. The van der Waals surface area contributed by atoms with Gasteiger partial charge in [-0.1, -0.05) is 24.3 Å². The Kier molecular flexibility index (Phi) is 94.0. The molecule has 20 N–H and O–H groups in total. The molecule has 12 amide bonds. The van der Waals surface area contributed by atoms with Gasteiger partial charge in [0.05, 0.1) is 34.3 Å². The van der Waals surface area contributed by atoms with Crippen LogP contribution in [0.25, 0.3) is 0 Å². The van der Waals surface area contributed by atoms with Crippen molar-refractivity contribution in [3.05, 3.63) is 126 Å². The van der Waals surface area contributed by atoms with Crippen LogP contribution in [-0.2, 0) is 76.7 Å². The zero-order valence-corrected chi connectivity index (χ0v) is 70.2. The number of carboxylic acids is 8. The molecule has 3 aromatic heterocycles. The maximum absolute atomic E-state index is 11.8. The highest BCUT2D eigenvalue weighted by atomic mass is 18.2. The number of hydrogen-bond acceptors (Lipinski definition) is 27. The van der Waals surface area contributed by atoms with Crippen LogP contribution in [0.1, 0.15) is 170 Å². The molecule has 0 aliphatic rings. The van der Waals surface area contributed by atoms with Gasteiger partial charge in [-0.15, -0.1) is 0 Å². The van der Waals surface area contributed by atoms with Crippen molar-refractivity contribution < 1.29 is 173 Å². The molecule has 0 unspecified atom stereocenters. The number of nitrogens with one attached hydrogen (secondary N) is 12. The molecule has 0 radical (unpaired) electrons. The Morgan fingerprint density at radius 1 is 0.281 bits per heavy atom. The lowest BCUT2D eigenvalue weighted by atomic mass is 10.1. The molecule has 1 aromatic carbocycles. The summed E-state index contributed by atoms with van der Waals surface area (Å²) in [5, 5.41) is 100. The summed E-state index contributed by atoms with van der Waals surface area (Å²) in [5.41, 5.74) is 1.99. The summed E-state index contributed by atoms with van der Waals surface area (Å²) in [6, 6.07) is 13.0. The number of pyridine rings is 3. The average molecular weight is 1830 g/mol. The van der Waals surface area contributed by atoms with Crippen LogP contribution in [0, 0.1) is 0 Å². The highest BCUT2D eigenvalue weighted by Crippen LogP contribution is 2.06. The van der Waals surface area contributed by atoms with Crippen molar-refractivity contribution in [2.24, 2.45) is 0 Å². The molecule has 128 heavy (non-hydrogen) atoms. The number of halogens is 4. The van der Waals surface area contributed by atoms with Gasteiger partial charge in [-0.25, -0.2) is 38.4 Å². The minimum Gasteiger partial charge on any atom is -0.481 e. The van der Waals surface area contributed by atoms with E-state index >= 15 is 0 Å². The first kappa shape index (κ1) is 128. The molecular formula is C77H109F4N15O32. The molecule has 3 heterocycles. The second-order valence-corrected chi connectivity index (χ2v) is 23.6. The Balaban J connectivity index is -0.000000233. The van der Waals surface area contributed by atoms with Gasteiger partial charge in [0.2, 0.25) is 0 Å². The predicted molar refractivity (Wildman–Crippen MR) is 431 cm³/mol. The lowest BCUT2D eigenvalue weighted by Crippen LogP contribution is -2.46.